The Labute approximate surface area is 99.3 Å². The van der Waals surface area contributed by atoms with E-state index in [1.807, 2.05) is 24.6 Å². The Balaban J connectivity index is 1.84. The lowest BCUT2D eigenvalue weighted by atomic mass is 10.3. The molecule has 2 rings (SSSR count). The van der Waals surface area contributed by atoms with Crippen LogP contribution in [0, 0.1) is 13.8 Å². The normalized spacial score (nSPS) is 10.9. The summed E-state index contributed by atoms with van der Waals surface area (Å²) in [6.45, 7) is 5.98. The van der Waals surface area contributed by atoms with E-state index in [4.69, 9.17) is 0 Å². The molecule has 0 bridgehead atoms. The maximum Gasteiger partial charge on any atom is 0.0964 e. The lowest BCUT2D eigenvalue weighted by Crippen LogP contribution is -2.11. The minimum Gasteiger partial charge on any atom is -0.306 e. The molecule has 0 spiro atoms. The second-order valence-electron chi connectivity index (χ2n) is 3.94. The minimum absolute atomic E-state index is 0.768. The molecule has 16 heavy (non-hydrogen) atoms. The average molecular weight is 236 g/mol. The first kappa shape index (κ1) is 11.3. The van der Waals surface area contributed by atoms with Crippen LogP contribution in [-0.4, -0.2) is 15.0 Å². The number of nitrogens with zero attached hydrogens (tertiary/aromatic N) is 3. The molecule has 0 aliphatic heterocycles. The van der Waals surface area contributed by atoms with Gasteiger partial charge in [0, 0.05) is 36.1 Å². The van der Waals surface area contributed by atoms with Crippen LogP contribution in [0.3, 0.4) is 0 Å². The third kappa shape index (κ3) is 2.68. The molecule has 0 unspecified atom stereocenters. The zero-order valence-corrected chi connectivity index (χ0v) is 10.6. The molecule has 4 nitrogen and oxygen atoms in total. The second-order valence-corrected chi connectivity index (χ2v) is 5.28. The Morgan fingerprint density at radius 2 is 2.19 bits per heavy atom. The van der Waals surface area contributed by atoms with Gasteiger partial charge in [0.1, 0.15) is 0 Å². The first-order valence-electron chi connectivity index (χ1n) is 5.27. The highest BCUT2D eigenvalue weighted by atomic mass is 32.1. The molecular weight excluding hydrogens is 220 g/mol. The van der Waals surface area contributed by atoms with Crippen LogP contribution < -0.4 is 5.32 Å². The molecule has 2 heterocycles. The van der Waals surface area contributed by atoms with Crippen LogP contribution in [0.15, 0.2) is 12.3 Å². The molecule has 0 aromatic carbocycles. The predicted molar refractivity (Wildman–Crippen MR) is 65.3 cm³/mol. The van der Waals surface area contributed by atoms with Gasteiger partial charge >= 0.3 is 0 Å². The van der Waals surface area contributed by atoms with Crippen molar-refractivity contribution in [2.75, 3.05) is 0 Å². The highest BCUT2D eigenvalue weighted by molar-refractivity contribution is 7.12. The number of aryl methyl sites for hydroxylation is 3. The van der Waals surface area contributed by atoms with E-state index in [9.17, 15) is 0 Å². The van der Waals surface area contributed by atoms with Crippen molar-refractivity contribution in [1.82, 2.24) is 20.3 Å². The largest absolute Gasteiger partial charge is 0.306 e. The van der Waals surface area contributed by atoms with Gasteiger partial charge in [-0.15, -0.1) is 16.4 Å². The molecular formula is C11H16N4S. The second kappa shape index (κ2) is 4.76. The van der Waals surface area contributed by atoms with Crippen LogP contribution >= 0.6 is 11.3 Å². The zero-order chi connectivity index (χ0) is 11.5. The van der Waals surface area contributed by atoms with E-state index < -0.39 is 0 Å². The zero-order valence-electron chi connectivity index (χ0n) is 9.82. The van der Waals surface area contributed by atoms with Crippen molar-refractivity contribution in [1.29, 1.82) is 0 Å². The van der Waals surface area contributed by atoms with E-state index in [0.717, 1.165) is 18.8 Å². The molecule has 0 aliphatic carbocycles. The Bertz CT molecular complexity index is 453. The summed E-state index contributed by atoms with van der Waals surface area (Å²) >= 11 is 1.85. The van der Waals surface area contributed by atoms with Crippen molar-refractivity contribution in [2.45, 2.75) is 26.9 Å². The van der Waals surface area contributed by atoms with E-state index in [1.54, 1.807) is 4.68 Å². The molecule has 0 fully saturated rings. The molecule has 0 saturated carbocycles. The van der Waals surface area contributed by atoms with Gasteiger partial charge in [0.05, 0.1) is 5.69 Å². The Morgan fingerprint density at radius 3 is 2.75 bits per heavy atom. The minimum atomic E-state index is 0.768. The van der Waals surface area contributed by atoms with E-state index >= 15 is 0 Å². The highest BCUT2D eigenvalue weighted by Crippen LogP contribution is 2.20. The van der Waals surface area contributed by atoms with Gasteiger partial charge in [0.15, 0.2) is 0 Å². The molecule has 0 saturated heterocycles. The van der Waals surface area contributed by atoms with Crippen LogP contribution in [0.25, 0.3) is 0 Å². The van der Waals surface area contributed by atoms with Crippen LogP contribution in [-0.2, 0) is 20.1 Å². The van der Waals surface area contributed by atoms with Crippen LogP contribution in [0.4, 0.5) is 0 Å². The van der Waals surface area contributed by atoms with E-state index in [0.29, 0.717) is 0 Å². The molecule has 0 aliphatic rings. The number of rotatable bonds is 4. The SMILES string of the molecule is Cc1cc(CNCc2cn(C)nn2)sc1C. The van der Waals surface area contributed by atoms with Gasteiger partial charge in [-0.2, -0.15) is 0 Å². The van der Waals surface area contributed by atoms with Gasteiger partial charge in [0.25, 0.3) is 0 Å². The molecule has 0 amide bonds. The van der Waals surface area contributed by atoms with Crippen molar-refractivity contribution in [3.8, 4) is 0 Å². The first-order chi connectivity index (χ1) is 7.65. The number of hydrogen-bond donors (Lipinski definition) is 1. The molecule has 0 atom stereocenters. The Morgan fingerprint density at radius 1 is 1.38 bits per heavy atom. The maximum absolute atomic E-state index is 4.02. The van der Waals surface area contributed by atoms with Crippen molar-refractivity contribution in [2.24, 2.45) is 7.05 Å². The summed E-state index contributed by atoms with van der Waals surface area (Å²) in [5.41, 5.74) is 2.36. The van der Waals surface area contributed by atoms with E-state index in [2.05, 4.69) is 35.5 Å². The Hall–Kier alpha value is -1.20. The van der Waals surface area contributed by atoms with Crippen molar-refractivity contribution < 1.29 is 0 Å². The first-order valence-corrected chi connectivity index (χ1v) is 6.08. The van der Waals surface area contributed by atoms with Gasteiger partial charge in [-0.25, -0.2) is 0 Å². The fraction of sp³-hybridized carbons (Fsp3) is 0.455. The summed E-state index contributed by atoms with van der Waals surface area (Å²) < 4.78 is 1.72. The summed E-state index contributed by atoms with van der Waals surface area (Å²) in [5, 5.41) is 11.3. The summed E-state index contributed by atoms with van der Waals surface area (Å²) in [7, 11) is 1.88. The topological polar surface area (TPSA) is 42.7 Å². The van der Waals surface area contributed by atoms with Gasteiger partial charge in [-0.3, -0.25) is 4.68 Å². The fourth-order valence-electron chi connectivity index (χ4n) is 1.53. The van der Waals surface area contributed by atoms with Gasteiger partial charge in [-0.05, 0) is 25.5 Å². The van der Waals surface area contributed by atoms with Crippen molar-refractivity contribution >= 4 is 11.3 Å². The number of hydrogen-bond acceptors (Lipinski definition) is 4. The molecule has 86 valence electrons. The van der Waals surface area contributed by atoms with E-state index in [1.165, 1.54) is 15.3 Å². The molecule has 0 radical (unpaired) electrons. The van der Waals surface area contributed by atoms with Crippen LogP contribution in [0.1, 0.15) is 21.0 Å². The lowest BCUT2D eigenvalue weighted by Gasteiger charge is -1.98. The fourth-order valence-corrected chi connectivity index (χ4v) is 2.55. The van der Waals surface area contributed by atoms with Crippen LogP contribution in [0.2, 0.25) is 0 Å². The lowest BCUT2D eigenvalue weighted by molar-refractivity contribution is 0.679. The quantitative estimate of drug-likeness (QED) is 0.880. The summed E-state index contributed by atoms with van der Waals surface area (Å²) in [6, 6.07) is 2.24. The number of nitrogens with one attached hydrogen (secondary N) is 1. The van der Waals surface area contributed by atoms with E-state index in [-0.39, 0.29) is 0 Å². The van der Waals surface area contributed by atoms with Gasteiger partial charge in [-0.1, -0.05) is 5.21 Å². The number of aromatic nitrogens is 3. The van der Waals surface area contributed by atoms with Crippen LogP contribution in [0.5, 0.6) is 0 Å². The third-order valence-corrected chi connectivity index (χ3v) is 3.63. The highest BCUT2D eigenvalue weighted by Gasteiger charge is 2.02. The van der Waals surface area contributed by atoms with Crippen molar-refractivity contribution in [3.05, 3.63) is 33.3 Å². The predicted octanol–water partition coefficient (Wildman–Crippen LogP) is 1.78. The summed E-state index contributed by atoms with van der Waals surface area (Å²) in [5.74, 6) is 0. The standard InChI is InChI=1S/C11H16N4S/c1-8-4-11(16-9(8)2)6-12-5-10-7-15(3)14-13-10/h4,7,12H,5-6H2,1-3H3. The van der Waals surface area contributed by atoms with Gasteiger partial charge < -0.3 is 5.32 Å². The molecule has 1 N–H and O–H groups in total. The number of thiophene rings is 1. The monoisotopic (exact) mass is 236 g/mol. The summed E-state index contributed by atoms with van der Waals surface area (Å²) in [4.78, 5) is 2.77. The molecule has 5 heteroatoms. The summed E-state index contributed by atoms with van der Waals surface area (Å²) in [6.07, 6.45) is 1.93. The average Bonchev–Trinajstić information content (AvgIpc) is 2.75. The molecule has 2 aromatic rings. The maximum atomic E-state index is 4.02. The van der Waals surface area contributed by atoms with Gasteiger partial charge in [0.2, 0.25) is 0 Å². The van der Waals surface area contributed by atoms with Crippen molar-refractivity contribution in [3.63, 3.8) is 0 Å². The third-order valence-electron chi connectivity index (χ3n) is 2.47. The Kier molecular flexibility index (Phi) is 3.36. The molecule has 2 aromatic heterocycles. The smallest absolute Gasteiger partial charge is 0.0964 e.